The summed E-state index contributed by atoms with van der Waals surface area (Å²) < 4.78 is 7.37. The Morgan fingerprint density at radius 2 is 2.00 bits per heavy atom. The van der Waals surface area contributed by atoms with E-state index < -0.39 is 0 Å². The Morgan fingerprint density at radius 3 is 2.65 bits per heavy atom. The first-order valence-electron chi connectivity index (χ1n) is 8.13. The van der Waals surface area contributed by atoms with Gasteiger partial charge in [0.05, 0.1) is 11.7 Å². The van der Waals surface area contributed by atoms with Crippen LogP contribution in [-0.4, -0.2) is 34.8 Å². The van der Waals surface area contributed by atoms with E-state index in [-0.39, 0.29) is 17.7 Å². The van der Waals surface area contributed by atoms with Crippen molar-refractivity contribution in [1.29, 1.82) is 0 Å². The van der Waals surface area contributed by atoms with Crippen molar-refractivity contribution in [3.05, 3.63) is 29.5 Å². The first kappa shape index (κ1) is 15.9. The molecule has 1 saturated carbocycles. The normalized spacial score (nSPS) is 21.5. The first-order valence-corrected chi connectivity index (χ1v) is 8.13. The van der Waals surface area contributed by atoms with E-state index in [1.807, 2.05) is 24.6 Å². The Labute approximate surface area is 136 Å². The number of aromatic nitrogens is 1. The highest BCUT2D eigenvalue weighted by Gasteiger charge is 2.25. The summed E-state index contributed by atoms with van der Waals surface area (Å²) in [4.78, 5) is 12.8. The highest BCUT2D eigenvalue weighted by atomic mass is 16.5. The second-order valence-corrected chi connectivity index (χ2v) is 6.40. The number of nitrogens with one attached hydrogen (secondary N) is 1. The summed E-state index contributed by atoms with van der Waals surface area (Å²) in [7, 11) is 3.69. The molecule has 0 atom stereocenters. The molecule has 1 aromatic carbocycles. The Kier molecular flexibility index (Phi) is 4.31. The molecule has 2 N–H and O–H groups in total. The summed E-state index contributed by atoms with van der Waals surface area (Å²) >= 11 is 0. The molecule has 1 fully saturated rings. The molecular weight excluding hydrogens is 292 g/mol. The number of hydrogen-bond donors (Lipinski definition) is 2. The summed E-state index contributed by atoms with van der Waals surface area (Å²) in [5, 5.41) is 13.7. The van der Waals surface area contributed by atoms with Crippen molar-refractivity contribution >= 4 is 16.8 Å². The van der Waals surface area contributed by atoms with Crippen LogP contribution in [0.3, 0.4) is 0 Å². The predicted octanol–water partition coefficient (Wildman–Crippen LogP) is 2.88. The highest BCUT2D eigenvalue weighted by molar-refractivity contribution is 6.08. The van der Waals surface area contributed by atoms with E-state index in [1.165, 1.54) is 0 Å². The molecule has 2 aromatic rings. The van der Waals surface area contributed by atoms with Crippen LogP contribution in [0.25, 0.3) is 10.9 Å². The van der Waals surface area contributed by atoms with Gasteiger partial charge in [-0.15, -0.1) is 0 Å². The number of hydrogen-bond acceptors (Lipinski definition) is 3. The molecule has 1 aromatic heterocycles. The summed E-state index contributed by atoms with van der Waals surface area (Å²) in [5.74, 6) is 0.123. The number of fused-ring (bicyclic) bond motifs is 1. The van der Waals surface area contributed by atoms with E-state index in [0.29, 0.717) is 11.7 Å². The van der Waals surface area contributed by atoms with Gasteiger partial charge in [-0.25, -0.2) is 0 Å². The van der Waals surface area contributed by atoms with Gasteiger partial charge in [-0.1, -0.05) is 0 Å². The topological polar surface area (TPSA) is 63.5 Å². The molecule has 0 saturated heterocycles. The van der Waals surface area contributed by atoms with Gasteiger partial charge in [0.25, 0.3) is 5.91 Å². The number of ether oxygens (including phenoxy) is 1. The Hall–Kier alpha value is -2.01. The molecular formula is C18H24N2O3. The van der Waals surface area contributed by atoms with E-state index in [1.54, 1.807) is 19.2 Å². The average Bonchev–Trinajstić information content (AvgIpc) is 2.79. The highest BCUT2D eigenvalue weighted by Crippen LogP contribution is 2.29. The largest absolute Gasteiger partial charge is 0.508 e. The monoisotopic (exact) mass is 316 g/mol. The van der Waals surface area contributed by atoms with Crippen molar-refractivity contribution in [1.82, 2.24) is 9.88 Å². The van der Waals surface area contributed by atoms with Crippen LogP contribution in [0.1, 0.15) is 41.7 Å². The van der Waals surface area contributed by atoms with Gasteiger partial charge in [0.2, 0.25) is 0 Å². The molecule has 1 heterocycles. The van der Waals surface area contributed by atoms with Gasteiger partial charge >= 0.3 is 0 Å². The van der Waals surface area contributed by atoms with Gasteiger partial charge in [0.15, 0.2) is 0 Å². The van der Waals surface area contributed by atoms with Crippen molar-refractivity contribution in [3.63, 3.8) is 0 Å². The molecule has 0 radical (unpaired) electrons. The maximum absolute atomic E-state index is 12.8. The molecule has 5 heteroatoms. The summed E-state index contributed by atoms with van der Waals surface area (Å²) in [6, 6.07) is 5.35. The van der Waals surface area contributed by atoms with Gasteiger partial charge < -0.3 is 19.7 Å². The molecule has 23 heavy (non-hydrogen) atoms. The second kappa shape index (κ2) is 6.24. The maximum Gasteiger partial charge on any atom is 0.253 e. The van der Waals surface area contributed by atoms with Crippen LogP contribution in [-0.2, 0) is 11.8 Å². The van der Waals surface area contributed by atoms with Crippen molar-refractivity contribution in [2.24, 2.45) is 7.05 Å². The fourth-order valence-corrected chi connectivity index (χ4v) is 3.55. The van der Waals surface area contributed by atoms with E-state index >= 15 is 0 Å². The van der Waals surface area contributed by atoms with Crippen LogP contribution in [0.2, 0.25) is 0 Å². The fourth-order valence-electron chi connectivity index (χ4n) is 3.55. The lowest BCUT2D eigenvalue weighted by Gasteiger charge is -2.28. The van der Waals surface area contributed by atoms with Crippen LogP contribution < -0.4 is 5.32 Å². The third-order valence-corrected chi connectivity index (χ3v) is 5.05. The number of phenols is 1. The van der Waals surface area contributed by atoms with Gasteiger partial charge in [0.1, 0.15) is 5.75 Å². The summed E-state index contributed by atoms with van der Waals surface area (Å²) in [6.07, 6.45) is 4.17. The molecule has 0 unspecified atom stereocenters. The molecule has 124 valence electrons. The molecule has 0 bridgehead atoms. The third kappa shape index (κ3) is 2.93. The maximum atomic E-state index is 12.8. The van der Waals surface area contributed by atoms with Crippen LogP contribution >= 0.6 is 0 Å². The Bertz CT molecular complexity index is 727. The standard InChI is InChI=1S/C18H24N2O3/c1-11-17(15-10-13(21)6-9-16(15)20(11)2)18(22)19-12-4-7-14(23-3)8-5-12/h6,9-10,12,14,21H,4-5,7-8H2,1-3H3,(H,19,22). The molecule has 3 rings (SSSR count). The molecule has 1 amide bonds. The number of aryl methyl sites for hydroxylation is 1. The van der Waals surface area contributed by atoms with E-state index in [2.05, 4.69) is 5.32 Å². The zero-order valence-electron chi connectivity index (χ0n) is 13.9. The van der Waals surface area contributed by atoms with Crippen molar-refractivity contribution in [2.45, 2.75) is 44.8 Å². The van der Waals surface area contributed by atoms with Crippen LogP contribution in [0.5, 0.6) is 5.75 Å². The number of carbonyl (C=O) groups is 1. The third-order valence-electron chi connectivity index (χ3n) is 5.05. The first-order chi connectivity index (χ1) is 11.0. The molecule has 5 nitrogen and oxygen atoms in total. The number of aromatic hydroxyl groups is 1. The minimum absolute atomic E-state index is 0.0560. The van der Waals surface area contributed by atoms with Crippen LogP contribution in [0.4, 0.5) is 0 Å². The van der Waals surface area contributed by atoms with Gasteiger partial charge in [-0.3, -0.25) is 4.79 Å². The summed E-state index contributed by atoms with van der Waals surface area (Å²) in [6.45, 7) is 1.94. The minimum Gasteiger partial charge on any atom is -0.508 e. The zero-order chi connectivity index (χ0) is 16.6. The predicted molar refractivity (Wildman–Crippen MR) is 89.8 cm³/mol. The average molecular weight is 316 g/mol. The Balaban J connectivity index is 1.84. The molecule has 0 spiro atoms. The fraction of sp³-hybridized carbons (Fsp3) is 0.500. The molecule has 1 aliphatic carbocycles. The van der Waals surface area contributed by atoms with Gasteiger partial charge in [-0.2, -0.15) is 0 Å². The number of methoxy groups -OCH3 is 1. The van der Waals surface area contributed by atoms with Crippen molar-refractivity contribution < 1.29 is 14.6 Å². The Morgan fingerprint density at radius 1 is 1.30 bits per heavy atom. The van der Waals surface area contributed by atoms with Crippen LogP contribution in [0, 0.1) is 6.92 Å². The number of benzene rings is 1. The van der Waals surface area contributed by atoms with Gasteiger partial charge in [0, 0.05) is 36.8 Å². The number of rotatable bonds is 3. The quantitative estimate of drug-likeness (QED) is 0.915. The number of amides is 1. The van der Waals surface area contributed by atoms with E-state index in [0.717, 1.165) is 42.3 Å². The minimum atomic E-state index is -0.0560. The van der Waals surface area contributed by atoms with Crippen molar-refractivity contribution in [2.75, 3.05) is 7.11 Å². The molecule has 1 aliphatic rings. The number of nitrogens with zero attached hydrogens (tertiary/aromatic N) is 1. The lowest BCUT2D eigenvalue weighted by Crippen LogP contribution is -2.39. The summed E-state index contributed by atoms with van der Waals surface area (Å²) in [5.41, 5.74) is 2.52. The SMILES string of the molecule is COC1CCC(NC(=O)c2c(C)n(C)c3ccc(O)cc23)CC1. The second-order valence-electron chi connectivity index (χ2n) is 6.40. The van der Waals surface area contributed by atoms with Crippen LogP contribution in [0.15, 0.2) is 18.2 Å². The number of carbonyl (C=O) groups excluding carboxylic acids is 1. The zero-order valence-corrected chi connectivity index (χ0v) is 13.9. The van der Waals surface area contributed by atoms with E-state index in [4.69, 9.17) is 4.74 Å². The van der Waals surface area contributed by atoms with E-state index in [9.17, 15) is 9.90 Å². The molecule has 0 aliphatic heterocycles. The smallest absolute Gasteiger partial charge is 0.253 e. The number of phenolic OH excluding ortho intramolecular Hbond substituents is 1. The van der Waals surface area contributed by atoms with Crippen molar-refractivity contribution in [3.8, 4) is 5.75 Å². The lowest BCUT2D eigenvalue weighted by atomic mass is 9.92. The van der Waals surface area contributed by atoms with Gasteiger partial charge in [-0.05, 0) is 50.8 Å². The lowest BCUT2D eigenvalue weighted by molar-refractivity contribution is 0.0599.